The number of hydrazone groups is 1. The van der Waals surface area contributed by atoms with Crippen molar-refractivity contribution in [1.82, 2.24) is 10.7 Å². The van der Waals surface area contributed by atoms with Crippen LogP contribution in [0.2, 0.25) is 0 Å². The Hall–Kier alpha value is -4.46. The first kappa shape index (κ1) is 24.2. The van der Waals surface area contributed by atoms with Crippen molar-refractivity contribution in [3.8, 4) is 5.75 Å². The van der Waals surface area contributed by atoms with Crippen LogP contribution in [0.15, 0.2) is 77.9 Å². The largest absolute Gasteiger partial charge is 0.484 e. The van der Waals surface area contributed by atoms with Crippen LogP contribution in [0.3, 0.4) is 0 Å². The molecule has 3 N–H and O–H groups in total. The molecule has 3 aromatic carbocycles. The summed E-state index contributed by atoms with van der Waals surface area (Å²) in [7, 11) is 0. The Kier molecular flexibility index (Phi) is 8.51. The molecule has 0 aliphatic rings. The number of anilines is 1. The molecule has 0 aromatic heterocycles. The number of benzene rings is 3. The number of carbonyl (C=O) groups excluding carboxylic acids is 3. The van der Waals surface area contributed by atoms with Gasteiger partial charge < -0.3 is 15.4 Å². The van der Waals surface area contributed by atoms with Crippen LogP contribution in [0.1, 0.15) is 22.3 Å². The van der Waals surface area contributed by atoms with E-state index in [9.17, 15) is 14.4 Å². The average molecular weight is 459 g/mol. The number of ether oxygens (including phenoxy) is 1. The lowest BCUT2D eigenvalue weighted by atomic mass is 10.1. The van der Waals surface area contributed by atoms with Crippen molar-refractivity contribution in [2.75, 3.05) is 11.9 Å². The van der Waals surface area contributed by atoms with Crippen molar-refractivity contribution in [3.63, 3.8) is 0 Å². The van der Waals surface area contributed by atoms with Crippen LogP contribution in [0, 0.1) is 13.8 Å². The van der Waals surface area contributed by atoms with Crippen LogP contribution in [-0.4, -0.2) is 30.5 Å². The van der Waals surface area contributed by atoms with E-state index in [4.69, 9.17) is 4.74 Å². The van der Waals surface area contributed by atoms with Crippen LogP contribution in [-0.2, 0) is 20.9 Å². The van der Waals surface area contributed by atoms with Gasteiger partial charge in [-0.05, 0) is 48.7 Å². The summed E-state index contributed by atoms with van der Waals surface area (Å²) in [6.07, 6.45) is 1.38. The van der Waals surface area contributed by atoms with Crippen molar-refractivity contribution in [1.29, 1.82) is 0 Å². The smallest absolute Gasteiger partial charge is 0.329 e. The molecular weight excluding hydrogens is 432 g/mol. The lowest BCUT2D eigenvalue weighted by Gasteiger charge is -2.09. The van der Waals surface area contributed by atoms with Gasteiger partial charge in [0.2, 0.25) is 0 Å². The van der Waals surface area contributed by atoms with E-state index in [1.54, 1.807) is 24.3 Å². The second kappa shape index (κ2) is 12.0. The molecular formula is C26H26N4O4. The monoisotopic (exact) mass is 458 g/mol. The Morgan fingerprint density at radius 2 is 1.68 bits per heavy atom. The van der Waals surface area contributed by atoms with Gasteiger partial charge in [0.05, 0.1) is 6.21 Å². The van der Waals surface area contributed by atoms with Crippen LogP contribution < -0.4 is 20.8 Å². The zero-order chi connectivity index (χ0) is 24.3. The molecule has 0 heterocycles. The molecule has 0 spiro atoms. The van der Waals surface area contributed by atoms with E-state index in [2.05, 4.69) is 21.2 Å². The molecule has 0 aliphatic carbocycles. The highest BCUT2D eigenvalue weighted by Gasteiger charge is 2.12. The van der Waals surface area contributed by atoms with Crippen molar-refractivity contribution in [3.05, 3.63) is 95.1 Å². The predicted octanol–water partition coefficient (Wildman–Crippen LogP) is 3.09. The van der Waals surface area contributed by atoms with E-state index in [0.717, 1.165) is 22.4 Å². The molecule has 0 atom stereocenters. The van der Waals surface area contributed by atoms with Gasteiger partial charge >= 0.3 is 11.8 Å². The second-order valence-corrected chi connectivity index (χ2v) is 7.59. The predicted molar refractivity (Wildman–Crippen MR) is 131 cm³/mol. The Labute approximate surface area is 198 Å². The maximum Gasteiger partial charge on any atom is 0.329 e. The number of hydrogen-bond donors (Lipinski definition) is 3. The zero-order valence-corrected chi connectivity index (χ0v) is 19.0. The Morgan fingerprint density at radius 1 is 0.912 bits per heavy atom. The number of nitrogens with one attached hydrogen (secondary N) is 3. The minimum atomic E-state index is -0.872. The number of rotatable bonds is 8. The molecule has 3 rings (SSSR count). The van der Waals surface area contributed by atoms with Crippen molar-refractivity contribution in [2.45, 2.75) is 20.4 Å². The quantitative estimate of drug-likeness (QED) is 0.274. The fourth-order valence-electron chi connectivity index (χ4n) is 2.92. The van der Waals surface area contributed by atoms with E-state index < -0.39 is 11.8 Å². The highest BCUT2D eigenvalue weighted by Crippen LogP contribution is 2.14. The first-order valence-electron chi connectivity index (χ1n) is 10.7. The number of hydrogen-bond acceptors (Lipinski definition) is 5. The SMILES string of the molecule is Cc1ccc(CNC(=O)C(=O)N/N=C\c2cccc(OCC(=O)Nc3ccccc3C)c2)cc1. The molecule has 8 heteroatoms. The number of nitrogens with zero attached hydrogens (tertiary/aromatic N) is 1. The van der Waals surface area contributed by atoms with Crippen LogP contribution >= 0.6 is 0 Å². The third kappa shape index (κ3) is 7.59. The van der Waals surface area contributed by atoms with Gasteiger partial charge in [-0.15, -0.1) is 0 Å². The van der Waals surface area contributed by atoms with E-state index in [1.807, 2.05) is 62.4 Å². The van der Waals surface area contributed by atoms with Gasteiger partial charge in [-0.25, -0.2) is 5.43 Å². The van der Waals surface area contributed by atoms with Crippen molar-refractivity contribution < 1.29 is 19.1 Å². The molecule has 3 aromatic rings. The molecule has 3 amide bonds. The maximum absolute atomic E-state index is 12.1. The number of carbonyl (C=O) groups is 3. The zero-order valence-electron chi connectivity index (χ0n) is 19.0. The van der Waals surface area contributed by atoms with Crippen molar-refractivity contribution >= 4 is 29.6 Å². The van der Waals surface area contributed by atoms with Gasteiger partial charge in [-0.3, -0.25) is 14.4 Å². The fourth-order valence-corrected chi connectivity index (χ4v) is 2.92. The Morgan fingerprint density at radius 3 is 2.44 bits per heavy atom. The van der Waals surface area contributed by atoms with Gasteiger partial charge in [-0.2, -0.15) is 5.10 Å². The minimum absolute atomic E-state index is 0.160. The summed E-state index contributed by atoms with van der Waals surface area (Å²) in [5, 5.41) is 9.15. The molecule has 34 heavy (non-hydrogen) atoms. The molecule has 8 nitrogen and oxygen atoms in total. The van der Waals surface area contributed by atoms with Crippen molar-refractivity contribution in [2.24, 2.45) is 5.10 Å². The van der Waals surface area contributed by atoms with Crippen LogP contribution in [0.5, 0.6) is 5.75 Å². The van der Waals surface area contributed by atoms with Gasteiger partial charge in [0, 0.05) is 12.2 Å². The summed E-state index contributed by atoms with van der Waals surface area (Å²) in [5.74, 6) is -1.47. The normalized spacial score (nSPS) is 10.5. The van der Waals surface area contributed by atoms with Crippen LogP contribution in [0.25, 0.3) is 0 Å². The average Bonchev–Trinajstić information content (AvgIpc) is 2.84. The van der Waals surface area contributed by atoms with Gasteiger partial charge in [0.25, 0.3) is 5.91 Å². The summed E-state index contributed by atoms with van der Waals surface area (Å²) in [5.41, 5.74) is 6.51. The lowest BCUT2D eigenvalue weighted by Crippen LogP contribution is -2.37. The minimum Gasteiger partial charge on any atom is -0.484 e. The molecule has 0 aliphatic heterocycles. The second-order valence-electron chi connectivity index (χ2n) is 7.59. The van der Waals surface area contributed by atoms with E-state index in [0.29, 0.717) is 11.3 Å². The Bertz CT molecular complexity index is 1190. The summed E-state index contributed by atoms with van der Waals surface area (Å²) in [6, 6.07) is 21.9. The molecule has 0 bridgehead atoms. The number of aryl methyl sites for hydroxylation is 2. The molecule has 0 saturated heterocycles. The summed E-state index contributed by atoms with van der Waals surface area (Å²) >= 11 is 0. The third-order valence-electron chi connectivity index (χ3n) is 4.81. The Balaban J connectivity index is 1.44. The van der Waals surface area contributed by atoms with Crippen LogP contribution in [0.4, 0.5) is 5.69 Å². The van der Waals surface area contributed by atoms with E-state index >= 15 is 0 Å². The molecule has 0 saturated carbocycles. The first-order chi connectivity index (χ1) is 16.4. The number of para-hydroxylation sites is 1. The third-order valence-corrected chi connectivity index (χ3v) is 4.81. The molecule has 174 valence electrons. The van der Waals surface area contributed by atoms with Gasteiger partial charge in [0.1, 0.15) is 5.75 Å². The molecule has 0 unspecified atom stereocenters. The lowest BCUT2D eigenvalue weighted by molar-refractivity contribution is -0.139. The van der Waals surface area contributed by atoms with Gasteiger partial charge in [-0.1, -0.05) is 60.2 Å². The first-order valence-corrected chi connectivity index (χ1v) is 10.7. The summed E-state index contributed by atoms with van der Waals surface area (Å²) in [6.45, 7) is 3.96. The number of amides is 3. The highest BCUT2D eigenvalue weighted by atomic mass is 16.5. The molecule has 0 fully saturated rings. The van der Waals surface area contributed by atoms with Gasteiger partial charge in [0.15, 0.2) is 6.61 Å². The fraction of sp³-hybridized carbons (Fsp3) is 0.154. The maximum atomic E-state index is 12.1. The molecule has 0 radical (unpaired) electrons. The van der Waals surface area contributed by atoms with E-state index in [1.165, 1.54) is 6.21 Å². The highest BCUT2D eigenvalue weighted by molar-refractivity contribution is 6.35. The topological polar surface area (TPSA) is 109 Å². The summed E-state index contributed by atoms with van der Waals surface area (Å²) in [4.78, 5) is 36.0. The standard InChI is InChI=1S/C26H26N4O4/c1-18-10-12-20(13-11-18)15-27-25(32)26(33)30-28-16-21-7-5-8-22(14-21)34-17-24(31)29-23-9-4-3-6-19(23)2/h3-14,16H,15,17H2,1-2H3,(H,27,32)(H,29,31)(H,30,33)/b28-16-. The summed E-state index contributed by atoms with van der Waals surface area (Å²) < 4.78 is 5.54. The van der Waals surface area contributed by atoms with E-state index in [-0.39, 0.29) is 19.1 Å².